The van der Waals surface area contributed by atoms with Crippen LogP contribution in [0.5, 0.6) is 0 Å². The fourth-order valence-corrected chi connectivity index (χ4v) is 3.69. The van der Waals surface area contributed by atoms with Gasteiger partial charge in [0.15, 0.2) is 0 Å². The third kappa shape index (κ3) is 7.62. The average Bonchev–Trinajstić information content (AvgIpc) is 2.47. The minimum Gasteiger partial charge on any atom is -0.380 e. The van der Waals surface area contributed by atoms with Crippen molar-refractivity contribution in [2.75, 3.05) is 39.9 Å². The summed E-state index contributed by atoms with van der Waals surface area (Å²) in [5.41, 5.74) is 0. The van der Waals surface area contributed by atoms with Crippen molar-refractivity contribution in [3.63, 3.8) is 0 Å². The normalized spacial score (nSPS) is 26.4. The van der Waals surface area contributed by atoms with E-state index in [0.29, 0.717) is 0 Å². The van der Waals surface area contributed by atoms with E-state index in [1.165, 1.54) is 51.6 Å². The van der Waals surface area contributed by atoms with Crippen LogP contribution in [-0.4, -0.2) is 50.8 Å². The third-order valence-electron chi connectivity index (χ3n) is 4.81. The SMILES string of the molecule is CCCNC1CCC(CCC)CC1CN(C)CCOCC. The van der Waals surface area contributed by atoms with Gasteiger partial charge in [0.1, 0.15) is 0 Å². The first-order chi connectivity index (χ1) is 10.2. The van der Waals surface area contributed by atoms with Gasteiger partial charge in [-0.1, -0.05) is 26.7 Å². The molecule has 3 atom stereocenters. The predicted molar refractivity (Wildman–Crippen MR) is 91.8 cm³/mol. The molecule has 126 valence electrons. The van der Waals surface area contributed by atoms with Gasteiger partial charge in [-0.2, -0.15) is 0 Å². The molecule has 0 heterocycles. The van der Waals surface area contributed by atoms with E-state index < -0.39 is 0 Å². The number of hydrogen-bond donors (Lipinski definition) is 1. The van der Waals surface area contributed by atoms with E-state index in [1.54, 1.807) is 0 Å². The Morgan fingerprint density at radius 1 is 1.14 bits per heavy atom. The molecule has 3 nitrogen and oxygen atoms in total. The lowest BCUT2D eigenvalue weighted by Gasteiger charge is -2.39. The van der Waals surface area contributed by atoms with Crippen LogP contribution >= 0.6 is 0 Å². The monoisotopic (exact) mass is 298 g/mol. The quantitative estimate of drug-likeness (QED) is 0.591. The summed E-state index contributed by atoms with van der Waals surface area (Å²) in [5.74, 6) is 1.77. The molecule has 21 heavy (non-hydrogen) atoms. The van der Waals surface area contributed by atoms with Gasteiger partial charge in [0, 0.05) is 25.7 Å². The number of nitrogens with one attached hydrogen (secondary N) is 1. The van der Waals surface area contributed by atoms with Crippen LogP contribution in [-0.2, 0) is 4.74 Å². The molecule has 0 amide bonds. The first-order valence-corrected chi connectivity index (χ1v) is 9.20. The fraction of sp³-hybridized carbons (Fsp3) is 1.00. The van der Waals surface area contributed by atoms with Gasteiger partial charge in [0.25, 0.3) is 0 Å². The van der Waals surface area contributed by atoms with Crippen LogP contribution in [0.4, 0.5) is 0 Å². The lowest BCUT2D eigenvalue weighted by Crippen LogP contribution is -2.46. The zero-order valence-electron chi connectivity index (χ0n) is 14.9. The third-order valence-corrected chi connectivity index (χ3v) is 4.81. The highest BCUT2D eigenvalue weighted by molar-refractivity contribution is 4.86. The molecule has 1 N–H and O–H groups in total. The molecule has 3 unspecified atom stereocenters. The van der Waals surface area contributed by atoms with E-state index in [-0.39, 0.29) is 0 Å². The molecule has 0 saturated heterocycles. The lowest BCUT2D eigenvalue weighted by atomic mass is 9.76. The van der Waals surface area contributed by atoms with Crippen molar-refractivity contribution in [3.05, 3.63) is 0 Å². The van der Waals surface area contributed by atoms with Crippen LogP contribution in [0.25, 0.3) is 0 Å². The van der Waals surface area contributed by atoms with Gasteiger partial charge in [-0.15, -0.1) is 0 Å². The molecular formula is C18H38N2O. The first-order valence-electron chi connectivity index (χ1n) is 9.20. The van der Waals surface area contributed by atoms with Crippen LogP contribution in [0.1, 0.15) is 59.3 Å². The summed E-state index contributed by atoms with van der Waals surface area (Å²) in [7, 11) is 2.25. The fourth-order valence-electron chi connectivity index (χ4n) is 3.69. The molecule has 1 rings (SSSR count). The summed E-state index contributed by atoms with van der Waals surface area (Å²) in [4.78, 5) is 2.47. The van der Waals surface area contributed by atoms with Crippen molar-refractivity contribution in [2.24, 2.45) is 11.8 Å². The maximum absolute atomic E-state index is 5.49. The van der Waals surface area contributed by atoms with Gasteiger partial charge in [-0.05, 0) is 58.0 Å². The van der Waals surface area contributed by atoms with E-state index in [2.05, 4.69) is 38.0 Å². The summed E-state index contributed by atoms with van der Waals surface area (Å²) in [6, 6.07) is 0.729. The van der Waals surface area contributed by atoms with Crippen molar-refractivity contribution >= 4 is 0 Å². The van der Waals surface area contributed by atoms with E-state index in [4.69, 9.17) is 4.74 Å². The number of rotatable bonds is 11. The molecule has 3 heteroatoms. The maximum atomic E-state index is 5.49. The van der Waals surface area contributed by atoms with Gasteiger partial charge >= 0.3 is 0 Å². The van der Waals surface area contributed by atoms with Gasteiger partial charge < -0.3 is 15.0 Å². The summed E-state index contributed by atoms with van der Waals surface area (Å²) >= 11 is 0. The molecular weight excluding hydrogens is 260 g/mol. The molecule has 0 aromatic carbocycles. The average molecular weight is 299 g/mol. The van der Waals surface area contributed by atoms with Crippen molar-refractivity contribution < 1.29 is 4.74 Å². The number of nitrogens with zero attached hydrogens (tertiary/aromatic N) is 1. The van der Waals surface area contributed by atoms with Crippen molar-refractivity contribution in [1.82, 2.24) is 10.2 Å². The topological polar surface area (TPSA) is 24.5 Å². The van der Waals surface area contributed by atoms with Crippen molar-refractivity contribution in [1.29, 1.82) is 0 Å². The standard InChI is InChI=1S/C18H38N2O/c1-5-8-16-9-10-18(19-11-6-2)17(14-16)15-20(4)12-13-21-7-3/h16-19H,5-15H2,1-4H3. The Morgan fingerprint density at radius 3 is 2.62 bits per heavy atom. The first kappa shape index (κ1) is 18.9. The Morgan fingerprint density at radius 2 is 1.95 bits per heavy atom. The van der Waals surface area contributed by atoms with Crippen LogP contribution in [0, 0.1) is 11.8 Å². The molecule has 1 aliphatic rings. The molecule has 1 fully saturated rings. The van der Waals surface area contributed by atoms with E-state index >= 15 is 0 Å². The molecule has 0 bridgehead atoms. The summed E-state index contributed by atoms with van der Waals surface area (Å²) in [6.45, 7) is 11.8. The smallest absolute Gasteiger partial charge is 0.0593 e. The predicted octanol–water partition coefficient (Wildman–Crippen LogP) is 3.54. The van der Waals surface area contributed by atoms with Crippen molar-refractivity contribution in [2.45, 2.75) is 65.3 Å². The largest absolute Gasteiger partial charge is 0.380 e. The van der Waals surface area contributed by atoms with Crippen LogP contribution in [0.2, 0.25) is 0 Å². The van der Waals surface area contributed by atoms with E-state index in [9.17, 15) is 0 Å². The molecule has 1 aliphatic carbocycles. The van der Waals surface area contributed by atoms with Crippen molar-refractivity contribution in [3.8, 4) is 0 Å². The Hall–Kier alpha value is -0.120. The lowest BCUT2D eigenvalue weighted by molar-refractivity contribution is 0.100. The van der Waals surface area contributed by atoms with Crippen LogP contribution in [0.3, 0.4) is 0 Å². The second-order valence-electron chi connectivity index (χ2n) is 6.75. The van der Waals surface area contributed by atoms with E-state index in [1.807, 2.05) is 0 Å². The second kappa shape index (κ2) is 11.4. The molecule has 1 saturated carbocycles. The Bertz CT molecular complexity index is 247. The minimum atomic E-state index is 0.729. The highest BCUT2D eigenvalue weighted by Gasteiger charge is 2.30. The zero-order valence-corrected chi connectivity index (χ0v) is 14.9. The number of ether oxygens (including phenoxy) is 1. The van der Waals surface area contributed by atoms with Gasteiger partial charge in [-0.25, -0.2) is 0 Å². The van der Waals surface area contributed by atoms with E-state index in [0.717, 1.165) is 37.6 Å². The number of likely N-dealkylation sites (N-methyl/N-ethyl adjacent to an activating group) is 1. The Labute approximate surface area is 132 Å². The summed E-state index contributed by atoms with van der Waals surface area (Å²) in [5, 5.41) is 3.80. The highest BCUT2D eigenvalue weighted by Crippen LogP contribution is 2.32. The van der Waals surface area contributed by atoms with Gasteiger partial charge in [0.2, 0.25) is 0 Å². The molecule has 0 spiro atoms. The van der Waals surface area contributed by atoms with Gasteiger partial charge in [0.05, 0.1) is 6.61 Å². The molecule has 0 aliphatic heterocycles. The second-order valence-corrected chi connectivity index (χ2v) is 6.75. The van der Waals surface area contributed by atoms with Crippen LogP contribution < -0.4 is 5.32 Å². The zero-order chi connectivity index (χ0) is 15.5. The molecule has 0 radical (unpaired) electrons. The van der Waals surface area contributed by atoms with Gasteiger partial charge in [-0.3, -0.25) is 0 Å². The summed E-state index contributed by atoms with van der Waals surface area (Å²) in [6.07, 6.45) is 8.20. The molecule has 0 aromatic rings. The highest BCUT2D eigenvalue weighted by atomic mass is 16.5. The number of hydrogen-bond acceptors (Lipinski definition) is 3. The van der Waals surface area contributed by atoms with Crippen LogP contribution in [0.15, 0.2) is 0 Å². The Balaban J connectivity index is 2.44. The summed E-state index contributed by atoms with van der Waals surface area (Å²) < 4.78 is 5.49. The minimum absolute atomic E-state index is 0.729. The maximum Gasteiger partial charge on any atom is 0.0593 e. The Kier molecular flexibility index (Phi) is 10.3. The molecule has 0 aromatic heterocycles.